The number of nitrogens with one attached hydrogen (secondary N) is 1. The Hall–Kier alpha value is -0.670. The van der Waals surface area contributed by atoms with E-state index in [1.54, 1.807) is 18.2 Å². The van der Waals surface area contributed by atoms with E-state index >= 15 is 0 Å². The maximum absolute atomic E-state index is 13.3. The van der Waals surface area contributed by atoms with Gasteiger partial charge in [-0.1, -0.05) is 35.0 Å². The summed E-state index contributed by atoms with van der Waals surface area (Å²) in [4.78, 5) is 0. The summed E-state index contributed by atoms with van der Waals surface area (Å²) in [6.45, 7) is 3.88. The van der Waals surface area contributed by atoms with Gasteiger partial charge in [0.1, 0.15) is 5.82 Å². The first-order valence-electron chi connectivity index (χ1n) is 5.06. The molecule has 0 radical (unpaired) electrons. The van der Waals surface area contributed by atoms with Gasteiger partial charge in [-0.15, -0.1) is 0 Å². The van der Waals surface area contributed by atoms with Gasteiger partial charge in [0.2, 0.25) is 0 Å². The van der Waals surface area contributed by atoms with Gasteiger partial charge < -0.3 is 5.32 Å². The quantitative estimate of drug-likeness (QED) is 0.807. The van der Waals surface area contributed by atoms with Crippen molar-refractivity contribution < 1.29 is 4.39 Å². The molecule has 82 valence electrons. The molecule has 0 fully saturated rings. The van der Waals surface area contributed by atoms with Crippen molar-refractivity contribution in [2.45, 2.75) is 13.3 Å². The minimum atomic E-state index is -0.190. The molecule has 0 atom stereocenters. The van der Waals surface area contributed by atoms with Crippen LogP contribution in [0.5, 0.6) is 0 Å². The Morgan fingerprint density at radius 2 is 2.27 bits per heavy atom. The highest BCUT2D eigenvalue weighted by Crippen LogP contribution is 2.16. The van der Waals surface area contributed by atoms with Crippen molar-refractivity contribution in [2.24, 2.45) is 0 Å². The predicted octanol–water partition coefficient (Wildman–Crippen LogP) is 3.60. The molecule has 0 unspecified atom stereocenters. The van der Waals surface area contributed by atoms with E-state index in [0.29, 0.717) is 5.56 Å². The topological polar surface area (TPSA) is 12.0 Å². The molecule has 0 saturated heterocycles. The van der Waals surface area contributed by atoms with Gasteiger partial charge in [0.25, 0.3) is 0 Å². The van der Waals surface area contributed by atoms with Crippen LogP contribution in [0.15, 0.2) is 28.7 Å². The van der Waals surface area contributed by atoms with Crippen LogP contribution in [0.2, 0.25) is 0 Å². The zero-order valence-corrected chi connectivity index (χ0v) is 10.3. The first kappa shape index (κ1) is 12.4. The van der Waals surface area contributed by atoms with E-state index in [2.05, 4.69) is 28.2 Å². The Balaban J connectivity index is 2.52. The van der Waals surface area contributed by atoms with Crippen LogP contribution in [0.3, 0.4) is 0 Å². The average molecular weight is 272 g/mol. The molecule has 0 saturated carbocycles. The minimum Gasteiger partial charge on any atom is -0.313 e. The summed E-state index contributed by atoms with van der Waals surface area (Å²) in [7, 11) is 0. The molecule has 0 amide bonds. The van der Waals surface area contributed by atoms with Gasteiger partial charge in [0, 0.05) is 16.6 Å². The van der Waals surface area contributed by atoms with Crippen LogP contribution in [0, 0.1) is 5.82 Å². The Morgan fingerprint density at radius 1 is 1.47 bits per heavy atom. The second-order valence-corrected chi connectivity index (χ2v) is 4.19. The van der Waals surface area contributed by atoms with Crippen LogP contribution in [-0.2, 0) is 0 Å². The van der Waals surface area contributed by atoms with Crippen molar-refractivity contribution in [1.82, 2.24) is 5.32 Å². The second kappa shape index (κ2) is 6.75. The number of rotatable bonds is 5. The van der Waals surface area contributed by atoms with E-state index in [9.17, 15) is 4.39 Å². The number of hydrogen-bond acceptors (Lipinski definition) is 1. The van der Waals surface area contributed by atoms with Gasteiger partial charge >= 0.3 is 0 Å². The molecule has 1 rings (SSSR count). The van der Waals surface area contributed by atoms with Crippen molar-refractivity contribution in [1.29, 1.82) is 0 Å². The second-order valence-electron chi connectivity index (χ2n) is 3.27. The van der Waals surface area contributed by atoms with Crippen LogP contribution in [0.4, 0.5) is 4.39 Å². The lowest BCUT2D eigenvalue weighted by atomic mass is 10.2. The molecule has 0 aliphatic rings. The number of halogens is 2. The van der Waals surface area contributed by atoms with E-state index < -0.39 is 0 Å². The molecule has 0 aliphatic carbocycles. The Morgan fingerprint density at radius 3 is 3.00 bits per heavy atom. The van der Waals surface area contributed by atoms with E-state index in [1.807, 2.05) is 6.08 Å². The number of hydrogen-bond donors (Lipinski definition) is 1. The smallest absolute Gasteiger partial charge is 0.130 e. The molecule has 0 aliphatic heterocycles. The van der Waals surface area contributed by atoms with Gasteiger partial charge in [-0.05, 0) is 31.2 Å². The summed E-state index contributed by atoms with van der Waals surface area (Å²) in [5.41, 5.74) is 0.614. The molecule has 1 aromatic rings. The fourth-order valence-corrected chi connectivity index (χ4v) is 1.57. The van der Waals surface area contributed by atoms with Crippen LogP contribution in [-0.4, -0.2) is 13.1 Å². The molecule has 3 heteroatoms. The van der Waals surface area contributed by atoms with Crippen molar-refractivity contribution in [3.8, 4) is 0 Å². The molecular formula is C12H15BrFN. The molecule has 15 heavy (non-hydrogen) atoms. The van der Waals surface area contributed by atoms with Crippen LogP contribution in [0.25, 0.3) is 6.08 Å². The van der Waals surface area contributed by atoms with E-state index in [4.69, 9.17) is 0 Å². The Labute approximate surface area is 98.5 Å². The van der Waals surface area contributed by atoms with E-state index in [0.717, 1.165) is 24.0 Å². The maximum Gasteiger partial charge on any atom is 0.130 e. The SMILES string of the molecule is CCCNCC=Cc1cc(Br)ccc1F. The lowest BCUT2D eigenvalue weighted by Gasteiger charge is -1.99. The van der Waals surface area contributed by atoms with Crippen LogP contribution in [0.1, 0.15) is 18.9 Å². The highest BCUT2D eigenvalue weighted by molar-refractivity contribution is 9.10. The zero-order valence-electron chi connectivity index (χ0n) is 8.76. The summed E-state index contributed by atoms with van der Waals surface area (Å²) in [5, 5.41) is 3.22. The minimum absolute atomic E-state index is 0.190. The van der Waals surface area contributed by atoms with Gasteiger partial charge in [0.15, 0.2) is 0 Å². The molecular weight excluding hydrogens is 257 g/mol. The van der Waals surface area contributed by atoms with Crippen LogP contribution < -0.4 is 5.32 Å². The summed E-state index contributed by atoms with van der Waals surface area (Å²) in [5.74, 6) is -0.190. The monoisotopic (exact) mass is 271 g/mol. The third-order valence-electron chi connectivity index (χ3n) is 1.94. The largest absolute Gasteiger partial charge is 0.313 e. The summed E-state index contributed by atoms with van der Waals surface area (Å²) >= 11 is 3.31. The fraction of sp³-hybridized carbons (Fsp3) is 0.333. The number of benzene rings is 1. The first-order valence-corrected chi connectivity index (χ1v) is 5.85. The molecule has 0 aromatic heterocycles. The summed E-state index contributed by atoms with van der Waals surface area (Å²) in [6, 6.07) is 4.93. The summed E-state index contributed by atoms with van der Waals surface area (Å²) < 4.78 is 14.1. The molecule has 1 N–H and O–H groups in total. The van der Waals surface area contributed by atoms with Gasteiger partial charge in [-0.3, -0.25) is 0 Å². The molecule has 0 bridgehead atoms. The van der Waals surface area contributed by atoms with Crippen LogP contribution >= 0.6 is 15.9 Å². The highest BCUT2D eigenvalue weighted by atomic mass is 79.9. The molecule has 1 aromatic carbocycles. The highest BCUT2D eigenvalue weighted by Gasteiger charge is 1.97. The van der Waals surface area contributed by atoms with E-state index in [-0.39, 0.29) is 5.82 Å². The van der Waals surface area contributed by atoms with Crippen molar-refractivity contribution in [2.75, 3.05) is 13.1 Å². The standard InChI is InChI=1S/C12H15BrFN/c1-2-7-15-8-3-4-10-9-11(13)5-6-12(10)14/h3-6,9,15H,2,7-8H2,1H3. The third-order valence-corrected chi connectivity index (χ3v) is 2.44. The third kappa shape index (κ3) is 4.58. The lowest BCUT2D eigenvalue weighted by Crippen LogP contribution is -2.13. The van der Waals surface area contributed by atoms with Crippen molar-refractivity contribution in [3.05, 3.63) is 40.1 Å². The maximum atomic E-state index is 13.3. The first-order chi connectivity index (χ1) is 7.24. The molecule has 1 nitrogen and oxygen atoms in total. The Kier molecular flexibility index (Phi) is 5.58. The summed E-state index contributed by atoms with van der Waals surface area (Å²) in [6.07, 6.45) is 4.84. The van der Waals surface area contributed by atoms with Gasteiger partial charge in [-0.2, -0.15) is 0 Å². The van der Waals surface area contributed by atoms with Crippen molar-refractivity contribution >= 4 is 22.0 Å². The zero-order chi connectivity index (χ0) is 11.1. The fourth-order valence-electron chi connectivity index (χ4n) is 1.19. The molecule has 0 spiro atoms. The average Bonchev–Trinajstić information content (AvgIpc) is 2.23. The normalized spacial score (nSPS) is 11.1. The van der Waals surface area contributed by atoms with Gasteiger partial charge in [-0.25, -0.2) is 4.39 Å². The lowest BCUT2D eigenvalue weighted by molar-refractivity contribution is 0.624. The van der Waals surface area contributed by atoms with E-state index in [1.165, 1.54) is 6.07 Å². The Bertz CT molecular complexity index is 336. The predicted molar refractivity (Wildman–Crippen MR) is 66.3 cm³/mol. The van der Waals surface area contributed by atoms with Crippen molar-refractivity contribution in [3.63, 3.8) is 0 Å². The van der Waals surface area contributed by atoms with Gasteiger partial charge in [0.05, 0.1) is 0 Å². The molecule has 0 heterocycles.